The number of alkyl halides is 3. The Kier molecular flexibility index (Phi) is 7.94. The van der Waals surface area contributed by atoms with Crippen molar-refractivity contribution in [3.63, 3.8) is 0 Å². The third-order valence-corrected chi connectivity index (χ3v) is 7.10. The van der Waals surface area contributed by atoms with Gasteiger partial charge in [-0.3, -0.25) is 4.68 Å². The molecule has 2 rings (SSSR count). The second-order valence-electron chi connectivity index (χ2n) is 7.53. The third-order valence-electron chi connectivity index (χ3n) is 4.53. The molecule has 2 heterocycles. The zero-order valence-electron chi connectivity index (χ0n) is 18.1. The molecular weight excluding hydrogens is 471 g/mol. The van der Waals surface area contributed by atoms with Gasteiger partial charge in [-0.2, -0.15) is 18.3 Å². The average molecular weight is 498 g/mol. The van der Waals surface area contributed by atoms with Crippen LogP contribution in [-0.4, -0.2) is 44.4 Å². The van der Waals surface area contributed by atoms with Crippen LogP contribution in [0.5, 0.6) is 0 Å². The molecule has 14 heteroatoms. The summed E-state index contributed by atoms with van der Waals surface area (Å²) in [6.07, 6.45) is -1.13. The summed E-state index contributed by atoms with van der Waals surface area (Å²) in [5.74, 6) is 0.104. The van der Waals surface area contributed by atoms with E-state index in [-0.39, 0.29) is 22.3 Å². The second-order valence-corrected chi connectivity index (χ2v) is 11.2. The molecule has 2 N–H and O–H groups in total. The van der Waals surface area contributed by atoms with Crippen LogP contribution in [0, 0.1) is 5.92 Å². The van der Waals surface area contributed by atoms with Crippen molar-refractivity contribution >= 4 is 25.7 Å². The fraction of sp³-hybridized carbons (Fsp3) is 0.556. The van der Waals surface area contributed by atoms with Crippen LogP contribution in [0.3, 0.4) is 0 Å². The summed E-state index contributed by atoms with van der Waals surface area (Å²) < 4.78 is 92.9. The quantitative estimate of drug-likeness (QED) is 0.517. The van der Waals surface area contributed by atoms with Crippen LogP contribution >= 0.6 is 0 Å². The standard InChI is InChI=1S/C18H26F3N5O4S2/c1-5-6-12(2)9-22-16-8-7-14(17(24-16)18(19,20)21)32(29,30)23-10-13-15(31(4,27)28)11-26(3)25-13/h7-8,11-12,23H,5-6,9-10H2,1-4H3,(H,22,24). The topological polar surface area (TPSA) is 123 Å². The molecule has 180 valence electrons. The van der Waals surface area contributed by atoms with E-state index in [9.17, 15) is 30.0 Å². The number of sulfone groups is 1. The number of pyridine rings is 1. The van der Waals surface area contributed by atoms with Gasteiger partial charge < -0.3 is 5.32 Å². The molecule has 2 aromatic rings. The molecule has 0 aliphatic rings. The van der Waals surface area contributed by atoms with E-state index in [2.05, 4.69) is 15.4 Å². The summed E-state index contributed by atoms with van der Waals surface area (Å²) in [6.45, 7) is 3.70. The second kappa shape index (κ2) is 9.75. The first-order valence-corrected chi connectivity index (χ1v) is 13.1. The lowest BCUT2D eigenvalue weighted by Gasteiger charge is -2.16. The van der Waals surface area contributed by atoms with Gasteiger partial charge in [-0.05, 0) is 24.5 Å². The number of nitrogens with zero attached hydrogens (tertiary/aromatic N) is 3. The zero-order chi connectivity index (χ0) is 24.3. The minimum atomic E-state index is -5.03. The average Bonchev–Trinajstić information content (AvgIpc) is 3.05. The number of anilines is 1. The van der Waals surface area contributed by atoms with E-state index in [0.29, 0.717) is 6.54 Å². The SMILES string of the molecule is CCCC(C)CNc1ccc(S(=O)(=O)NCc2nn(C)cc2S(C)(=O)=O)c(C(F)(F)F)n1. The van der Waals surface area contributed by atoms with Gasteiger partial charge in [0.15, 0.2) is 15.5 Å². The van der Waals surface area contributed by atoms with Gasteiger partial charge in [0.05, 0.1) is 12.2 Å². The fourth-order valence-corrected chi connectivity index (χ4v) is 5.05. The van der Waals surface area contributed by atoms with Crippen molar-refractivity contribution in [2.45, 2.75) is 49.2 Å². The lowest BCUT2D eigenvalue weighted by molar-refractivity contribution is -0.143. The predicted molar refractivity (Wildman–Crippen MR) is 112 cm³/mol. The Morgan fingerprint density at radius 1 is 1.16 bits per heavy atom. The van der Waals surface area contributed by atoms with E-state index in [0.717, 1.165) is 31.2 Å². The molecule has 1 atom stereocenters. The van der Waals surface area contributed by atoms with Gasteiger partial charge in [0.25, 0.3) is 0 Å². The monoisotopic (exact) mass is 497 g/mol. The van der Waals surface area contributed by atoms with Gasteiger partial charge in [0, 0.05) is 26.0 Å². The summed E-state index contributed by atoms with van der Waals surface area (Å²) in [6, 6.07) is 1.98. The number of sulfonamides is 1. The van der Waals surface area contributed by atoms with Gasteiger partial charge in [0.2, 0.25) is 10.0 Å². The molecule has 0 saturated heterocycles. The molecule has 32 heavy (non-hydrogen) atoms. The maximum atomic E-state index is 13.6. The van der Waals surface area contributed by atoms with Crippen LogP contribution in [0.25, 0.3) is 0 Å². The van der Waals surface area contributed by atoms with Crippen molar-refractivity contribution in [2.24, 2.45) is 13.0 Å². The van der Waals surface area contributed by atoms with Gasteiger partial charge in [0.1, 0.15) is 15.6 Å². The van der Waals surface area contributed by atoms with E-state index >= 15 is 0 Å². The Balaban J connectivity index is 2.33. The molecule has 0 fully saturated rings. The Bertz CT molecular complexity index is 1160. The minimum absolute atomic E-state index is 0.0942. The lowest BCUT2D eigenvalue weighted by Crippen LogP contribution is -2.28. The molecule has 2 aromatic heterocycles. The summed E-state index contributed by atoms with van der Waals surface area (Å²) in [4.78, 5) is 2.20. The smallest absolute Gasteiger partial charge is 0.370 e. The molecule has 0 aliphatic carbocycles. The predicted octanol–water partition coefficient (Wildman–Crippen LogP) is 2.56. The Morgan fingerprint density at radius 2 is 1.81 bits per heavy atom. The van der Waals surface area contributed by atoms with Gasteiger partial charge >= 0.3 is 6.18 Å². The summed E-state index contributed by atoms with van der Waals surface area (Å²) >= 11 is 0. The number of nitrogens with one attached hydrogen (secondary N) is 2. The molecule has 0 aliphatic heterocycles. The lowest BCUT2D eigenvalue weighted by atomic mass is 10.1. The number of aryl methyl sites for hydroxylation is 1. The molecule has 9 nitrogen and oxygen atoms in total. The maximum Gasteiger partial charge on any atom is 0.434 e. The number of rotatable bonds is 10. The molecule has 0 saturated carbocycles. The number of aromatic nitrogens is 3. The fourth-order valence-electron chi connectivity index (χ4n) is 3.02. The van der Waals surface area contributed by atoms with Crippen LogP contribution in [-0.2, 0) is 39.6 Å². The maximum absolute atomic E-state index is 13.6. The molecular formula is C18H26F3N5O4S2. The molecule has 0 spiro atoms. The molecule has 0 amide bonds. The van der Waals surface area contributed by atoms with Crippen molar-refractivity contribution in [1.29, 1.82) is 0 Å². The van der Waals surface area contributed by atoms with Crippen molar-refractivity contribution in [2.75, 3.05) is 18.1 Å². The number of halogens is 3. The highest BCUT2D eigenvalue weighted by atomic mass is 32.2. The Labute approximate surface area is 185 Å². The van der Waals surface area contributed by atoms with Gasteiger partial charge in [-0.1, -0.05) is 20.3 Å². The van der Waals surface area contributed by atoms with E-state index < -0.39 is 43.2 Å². The molecule has 0 bridgehead atoms. The summed E-state index contributed by atoms with van der Waals surface area (Å²) in [7, 11) is -6.97. The highest BCUT2D eigenvalue weighted by Gasteiger charge is 2.39. The van der Waals surface area contributed by atoms with E-state index in [1.54, 1.807) is 0 Å². The molecule has 1 unspecified atom stereocenters. The van der Waals surface area contributed by atoms with Gasteiger partial charge in [-0.15, -0.1) is 0 Å². The minimum Gasteiger partial charge on any atom is -0.370 e. The number of hydrogen-bond acceptors (Lipinski definition) is 7. The summed E-state index contributed by atoms with van der Waals surface area (Å²) in [5.41, 5.74) is -1.70. The van der Waals surface area contributed by atoms with Crippen LogP contribution in [0.2, 0.25) is 0 Å². The molecule has 0 aromatic carbocycles. The normalized spacial score (nSPS) is 13.8. The third kappa shape index (κ3) is 6.65. The van der Waals surface area contributed by atoms with Crippen LogP contribution < -0.4 is 10.0 Å². The van der Waals surface area contributed by atoms with E-state index in [1.165, 1.54) is 17.9 Å². The van der Waals surface area contributed by atoms with Crippen LogP contribution in [0.1, 0.15) is 38.1 Å². The zero-order valence-corrected chi connectivity index (χ0v) is 19.7. The summed E-state index contributed by atoms with van der Waals surface area (Å²) in [5, 5.41) is 6.68. The first-order valence-electron chi connectivity index (χ1n) is 9.69. The van der Waals surface area contributed by atoms with Crippen LogP contribution in [0.15, 0.2) is 28.1 Å². The molecule has 0 radical (unpaired) electrons. The highest BCUT2D eigenvalue weighted by Crippen LogP contribution is 2.33. The van der Waals surface area contributed by atoms with Crippen molar-refractivity contribution < 1.29 is 30.0 Å². The van der Waals surface area contributed by atoms with Crippen molar-refractivity contribution in [3.05, 3.63) is 29.7 Å². The largest absolute Gasteiger partial charge is 0.434 e. The first kappa shape index (κ1) is 26.1. The van der Waals surface area contributed by atoms with Gasteiger partial charge in [-0.25, -0.2) is 26.5 Å². The first-order chi connectivity index (χ1) is 14.6. The number of hydrogen-bond donors (Lipinski definition) is 2. The van der Waals surface area contributed by atoms with Crippen molar-refractivity contribution in [1.82, 2.24) is 19.5 Å². The Hall–Kier alpha value is -2.19. The van der Waals surface area contributed by atoms with Crippen LogP contribution in [0.4, 0.5) is 19.0 Å². The van der Waals surface area contributed by atoms with Crippen molar-refractivity contribution in [3.8, 4) is 0 Å². The van der Waals surface area contributed by atoms with E-state index in [1.807, 2.05) is 18.6 Å². The Morgan fingerprint density at radius 3 is 2.38 bits per heavy atom. The van der Waals surface area contributed by atoms with E-state index in [4.69, 9.17) is 0 Å². The highest BCUT2D eigenvalue weighted by molar-refractivity contribution is 7.90.